The third-order valence-corrected chi connectivity index (χ3v) is 4.11. The molecule has 0 heterocycles. The molecule has 1 aliphatic rings. The minimum absolute atomic E-state index is 0.279. The number of hydrogen-bond donors (Lipinski definition) is 2. The second-order valence-corrected chi connectivity index (χ2v) is 5.90. The summed E-state index contributed by atoms with van der Waals surface area (Å²) in [7, 11) is 0. The standard InChI is InChI=1S/C13H27NO/c1-10(9-15)11(2)14-12-7-5-6-8-13(12,3)4/h10-12,14-15H,5-9H2,1-4H3. The summed E-state index contributed by atoms with van der Waals surface area (Å²) in [6, 6.07) is 1.03. The van der Waals surface area contributed by atoms with Gasteiger partial charge in [0.05, 0.1) is 0 Å². The Hall–Kier alpha value is -0.0800. The summed E-state index contributed by atoms with van der Waals surface area (Å²) >= 11 is 0. The first kappa shape index (κ1) is 13.0. The van der Waals surface area contributed by atoms with Crippen molar-refractivity contribution in [1.29, 1.82) is 0 Å². The van der Waals surface area contributed by atoms with E-state index >= 15 is 0 Å². The number of rotatable bonds is 4. The Balaban J connectivity index is 2.48. The second-order valence-electron chi connectivity index (χ2n) is 5.90. The summed E-state index contributed by atoms with van der Waals surface area (Å²) in [5.41, 5.74) is 0.418. The normalized spacial score (nSPS) is 29.8. The van der Waals surface area contributed by atoms with Crippen LogP contribution >= 0.6 is 0 Å². The van der Waals surface area contributed by atoms with Crippen molar-refractivity contribution in [2.45, 2.75) is 65.5 Å². The van der Waals surface area contributed by atoms with Crippen LogP contribution in [0.2, 0.25) is 0 Å². The van der Waals surface area contributed by atoms with E-state index in [1.165, 1.54) is 25.7 Å². The van der Waals surface area contributed by atoms with Crippen molar-refractivity contribution < 1.29 is 5.11 Å². The fraction of sp³-hybridized carbons (Fsp3) is 1.00. The quantitative estimate of drug-likeness (QED) is 0.752. The van der Waals surface area contributed by atoms with Gasteiger partial charge in [-0.3, -0.25) is 0 Å². The fourth-order valence-electron chi connectivity index (χ4n) is 2.44. The zero-order valence-electron chi connectivity index (χ0n) is 10.7. The monoisotopic (exact) mass is 213 g/mol. The van der Waals surface area contributed by atoms with Gasteiger partial charge >= 0.3 is 0 Å². The van der Waals surface area contributed by atoms with Gasteiger partial charge in [0.2, 0.25) is 0 Å². The minimum atomic E-state index is 0.279. The van der Waals surface area contributed by atoms with Crippen molar-refractivity contribution >= 4 is 0 Å². The number of aliphatic hydroxyl groups excluding tert-OH is 1. The molecule has 0 amide bonds. The van der Waals surface area contributed by atoms with Gasteiger partial charge in [-0.05, 0) is 31.1 Å². The van der Waals surface area contributed by atoms with Crippen LogP contribution in [-0.2, 0) is 0 Å². The summed E-state index contributed by atoms with van der Waals surface area (Å²) in [4.78, 5) is 0. The molecule has 0 aromatic heterocycles. The number of hydrogen-bond acceptors (Lipinski definition) is 2. The van der Waals surface area contributed by atoms with E-state index in [2.05, 4.69) is 33.0 Å². The lowest BCUT2D eigenvalue weighted by Gasteiger charge is -2.41. The van der Waals surface area contributed by atoms with Gasteiger partial charge in [0.1, 0.15) is 0 Å². The summed E-state index contributed by atoms with van der Waals surface area (Å²) in [6.45, 7) is 9.29. The largest absolute Gasteiger partial charge is 0.396 e. The molecule has 3 atom stereocenters. The van der Waals surface area contributed by atoms with Crippen LogP contribution in [0.1, 0.15) is 53.4 Å². The van der Waals surface area contributed by atoms with Crippen LogP contribution < -0.4 is 5.32 Å². The molecule has 0 aromatic carbocycles. The Morgan fingerprint density at radius 3 is 2.53 bits per heavy atom. The maximum atomic E-state index is 9.12. The first-order chi connectivity index (χ1) is 6.97. The SMILES string of the molecule is CC(CO)C(C)NC1CCCCC1(C)C. The predicted molar refractivity (Wildman–Crippen MR) is 64.9 cm³/mol. The van der Waals surface area contributed by atoms with E-state index < -0.39 is 0 Å². The lowest BCUT2D eigenvalue weighted by Crippen LogP contribution is -2.49. The van der Waals surface area contributed by atoms with Crippen LogP contribution in [-0.4, -0.2) is 23.8 Å². The highest BCUT2D eigenvalue weighted by molar-refractivity contribution is 4.89. The van der Waals surface area contributed by atoms with Crippen molar-refractivity contribution in [1.82, 2.24) is 5.32 Å². The van der Waals surface area contributed by atoms with Crippen LogP contribution in [0, 0.1) is 11.3 Å². The van der Waals surface area contributed by atoms with Crippen molar-refractivity contribution in [3.05, 3.63) is 0 Å². The van der Waals surface area contributed by atoms with Gasteiger partial charge in [-0.15, -0.1) is 0 Å². The van der Waals surface area contributed by atoms with Crippen molar-refractivity contribution in [3.63, 3.8) is 0 Å². The maximum Gasteiger partial charge on any atom is 0.0471 e. The minimum Gasteiger partial charge on any atom is -0.396 e. The predicted octanol–water partition coefficient (Wildman–Crippen LogP) is 2.56. The van der Waals surface area contributed by atoms with Gasteiger partial charge in [0.15, 0.2) is 0 Å². The molecule has 1 aliphatic carbocycles. The molecule has 1 fully saturated rings. The molecule has 2 nitrogen and oxygen atoms in total. The topological polar surface area (TPSA) is 32.3 Å². The Bertz CT molecular complexity index is 191. The Morgan fingerprint density at radius 2 is 2.00 bits per heavy atom. The molecular formula is C13H27NO. The molecule has 0 aliphatic heterocycles. The van der Waals surface area contributed by atoms with Crippen LogP contribution in [0.15, 0.2) is 0 Å². The molecule has 3 unspecified atom stereocenters. The summed E-state index contributed by atoms with van der Waals surface area (Å²) in [5, 5.41) is 12.8. The van der Waals surface area contributed by atoms with Crippen LogP contribution in [0.3, 0.4) is 0 Å². The van der Waals surface area contributed by atoms with E-state index in [-0.39, 0.29) is 6.61 Å². The van der Waals surface area contributed by atoms with Gasteiger partial charge in [0.25, 0.3) is 0 Å². The molecule has 90 valence electrons. The molecule has 0 saturated heterocycles. The van der Waals surface area contributed by atoms with Gasteiger partial charge in [-0.2, -0.15) is 0 Å². The Labute approximate surface area is 94.5 Å². The zero-order valence-corrected chi connectivity index (χ0v) is 10.7. The Kier molecular flexibility index (Phi) is 4.60. The van der Waals surface area contributed by atoms with Gasteiger partial charge < -0.3 is 10.4 Å². The summed E-state index contributed by atoms with van der Waals surface area (Å²) in [6.07, 6.45) is 5.33. The lowest BCUT2D eigenvalue weighted by atomic mass is 9.73. The molecule has 1 rings (SSSR count). The highest BCUT2D eigenvalue weighted by Crippen LogP contribution is 2.35. The molecule has 2 N–H and O–H groups in total. The lowest BCUT2D eigenvalue weighted by molar-refractivity contribution is 0.131. The molecule has 2 heteroatoms. The van der Waals surface area contributed by atoms with E-state index in [9.17, 15) is 0 Å². The molecular weight excluding hydrogens is 186 g/mol. The molecule has 0 spiro atoms. The highest BCUT2D eigenvalue weighted by atomic mass is 16.3. The average molecular weight is 213 g/mol. The molecule has 0 aromatic rings. The van der Waals surface area contributed by atoms with Crippen molar-refractivity contribution in [2.75, 3.05) is 6.61 Å². The van der Waals surface area contributed by atoms with Crippen molar-refractivity contribution in [3.8, 4) is 0 Å². The summed E-state index contributed by atoms with van der Waals surface area (Å²) < 4.78 is 0. The van der Waals surface area contributed by atoms with Gasteiger partial charge in [-0.25, -0.2) is 0 Å². The smallest absolute Gasteiger partial charge is 0.0471 e. The van der Waals surface area contributed by atoms with Gasteiger partial charge in [-0.1, -0.05) is 33.6 Å². The van der Waals surface area contributed by atoms with E-state index in [1.807, 2.05) is 0 Å². The molecule has 0 bridgehead atoms. The third-order valence-electron chi connectivity index (χ3n) is 4.11. The molecule has 15 heavy (non-hydrogen) atoms. The van der Waals surface area contributed by atoms with E-state index in [4.69, 9.17) is 5.11 Å². The highest BCUT2D eigenvalue weighted by Gasteiger charge is 2.33. The van der Waals surface area contributed by atoms with Crippen LogP contribution in [0.25, 0.3) is 0 Å². The molecule has 1 saturated carbocycles. The Morgan fingerprint density at radius 1 is 1.33 bits per heavy atom. The second kappa shape index (κ2) is 5.31. The van der Waals surface area contributed by atoms with Crippen LogP contribution in [0.4, 0.5) is 0 Å². The first-order valence-corrected chi connectivity index (χ1v) is 6.34. The summed E-state index contributed by atoms with van der Waals surface area (Å²) in [5.74, 6) is 0.350. The van der Waals surface area contributed by atoms with E-state index in [0.717, 1.165) is 0 Å². The van der Waals surface area contributed by atoms with E-state index in [0.29, 0.717) is 23.4 Å². The van der Waals surface area contributed by atoms with Crippen LogP contribution in [0.5, 0.6) is 0 Å². The fourth-order valence-corrected chi connectivity index (χ4v) is 2.44. The van der Waals surface area contributed by atoms with E-state index in [1.54, 1.807) is 0 Å². The third kappa shape index (κ3) is 3.46. The van der Waals surface area contributed by atoms with Crippen molar-refractivity contribution in [2.24, 2.45) is 11.3 Å². The molecule has 0 radical (unpaired) electrons. The average Bonchev–Trinajstić information content (AvgIpc) is 2.19. The zero-order chi connectivity index (χ0) is 11.5. The number of nitrogens with one attached hydrogen (secondary N) is 1. The first-order valence-electron chi connectivity index (χ1n) is 6.34. The van der Waals surface area contributed by atoms with Gasteiger partial charge in [0, 0.05) is 18.7 Å². The maximum absolute atomic E-state index is 9.12. The number of aliphatic hydroxyl groups is 1.